The van der Waals surface area contributed by atoms with Gasteiger partial charge in [-0.25, -0.2) is 8.42 Å². The molecule has 0 aliphatic carbocycles. The number of halogens is 6. The highest BCUT2D eigenvalue weighted by molar-refractivity contribution is 7.91. The number of aryl methyl sites for hydroxylation is 1. The summed E-state index contributed by atoms with van der Waals surface area (Å²) in [6, 6.07) is 8.78. The van der Waals surface area contributed by atoms with Crippen molar-refractivity contribution in [3.8, 4) is 0 Å². The summed E-state index contributed by atoms with van der Waals surface area (Å²) < 4.78 is 103. The Morgan fingerprint density at radius 1 is 0.784 bits per heavy atom. The number of benzene rings is 2. The predicted octanol–water partition coefficient (Wildman–Crippen LogP) is 4.39. The summed E-state index contributed by atoms with van der Waals surface area (Å²) >= 11 is 0. The Kier molecular flexibility index (Phi) is 7.21. The van der Waals surface area contributed by atoms with Crippen LogP contribution in [0.15, 0.2) is 64.5 Å². The van der Waals surface area contributed by atoms with Crippen molar-refractivity contribution >= 4 is 38.8 Å². The Hall–Kier alpha value is -4.14. The summed E-state index contributed by atoms with van der Waals surface area (Å²) in [4.78, 5) is 37.6. The van der Waals surface area contributed by atoms with E-state index in [0.29, 0.717) is 23.8 Å². The van der Waals surface area contributed by atoms with E-state index in [9.17, 15) is 49.1 Å². The number of aromatic amines is 1. The van der Waals surface area contributed by atoms with Crippen LogP contribution in [0.5, 0.6) is 0 Å². The highest BCUT2D eigenvalue weighted by Crippen LogP contribution is 2.30. The Bertz CT molecular complexity index is 1450. The van der Waals surface area contributed by atoms with Gasteiger partial charge < -0.3 is 15.6 Å². The molecule has 0 aliphatic heterocycles. The number of hydrogen-bond donors (Lipinski definition) is 3. The van der Waals surface area contributed by atoms with Crippen LogP contribution in [0.25, 0.3) is 0 Å². The molecule has 3 N–H and O–H groups in total. The first kappa shape index (κ1) is 27.4. The average Bonchev–Trinajstić information content (AvgIpc) is 3.28. The van der Waals surface area contributed by atoms with Gasteiger partial charge in [-0.1, -0.05) is 18.2 Å². The van der Waals surface area contributed by atoms with E-state index in [4.69, 9.17) is 0 Å². The number of anilines is 2. The van der Waals surface area contributed by atoms with Crippen molar-refractivity contribution < 1.29 is 49.1 Å². The fourth-order valence-corrected chi connectivity index (χ4v) is 4.84. The molecule has 1 heterocycles. The third kappa shape index (κ3) is 5.99. The maximum atomic E-state index is 13.2. The number of amides is 2. The first-order valence-electron chi connectivity index (χ1n) is 9.96. The molecule has 196 valence electrons. The number of nitrogens with one attached hydrogen (secondary N) is 3. The van der Waals surface area contributed by atoms with Crippen LogP contribution in [0, 0.1) is 6.92 Å². The molecule has 0 atom stereocenters. The fraction of sp³-hybridized carbons (Fsp3) is 0.136. The first-order chi connectivity index (χ1) is 17.0. The van der Waals surface area contributed by atoms with E-state index in [2.05, 4.69) is 4.98 Å². The molecule has 0 saturated carbocycles. The molecule has 0 unspecified atom stereocenters. The van der Waals surface area contributed by atoms with Gasteiger partial charge in [0.1, 0.15) is 10.6 Å². The zero-order chi connectivity index (χ0) is 27.8. The van der Waals surface area contributed by atoms with E-state index in [1.54, 1.807) is 6.07 Å². The number of carbonyl (C=O) groups is 3. The lowest BCUT2D eigenvalue weighted by Gasteiger charge is -2.14. The van der Waals surface area contributed by atoms with Gasteiger partial charge in [-0.05, 0) is 42.8 Å². The molecule has 0 bridgehead atoms. The van der Waals surface area contributed by atoms with Gasteiger partial charge in [0.15, 0.2) is 0 Å². The molecular formula is C22H15F6N3O5S. The van der Waals surface area contributed by atoms with E-state index in [-0.39, 0.29) is 4.90 Å². The van der Waals surface area contributed by atoms with Crippen molar-refractivity contribution in [1.29, 1.82) is 0 Å². The van der Waals surface area contributed by atoms with Crippen LogP contribution in [-0.2, 0) is 19.4 Å². The average molecular weight is 547 g/mol. The van der Waals surface area contributed by atoms with Crippen LogP contribution in [-0.4, -0.2) is 43.4 Å². The second kappa shape index (κ2) is 9.72. The number of ketones is 1. The number of aromatic nitrogens is 1. The standard InChI is InChI=1S/C22H15F6N3O5S/c1-11-4-2-3-5-15(11)37(35,36)16-6-7-29-17(16)18(32)12-8-13(30-19(33)21(23,24)25)10-14(9-12)31-20(34)22(26,27)28/h2-10,29H,1H3,(H,30,33)(H,31,34). The largest absolute Gasteiger partial charge is 0.471 e. The van der Waals surface area contributed by atoms with Crippen LogP contribution in [0.4, 0.5) is 37.7 Å². The lowest BCUT2D eigenvalue weighted by Crippen LogP contribution is -2.31. The van der Waals surface area contributed by atoms with Gasteiger partial charge in [-0.2, -0.15) is 26.3 Å². The SMILES string of the molecule is Cc1ccccc1S(=O)(=O)c1cc[nH]c1C(=O)c1cc(NC(=O)C(F)(F)F)cc(NC(=O)C(F)(F)F)c1. The van der Waals surface area contributed by atoms with Crippen molar-refractivity contribution in [2.45, 2.75) is 29.1 Å². The second-order valence-corrected chi connectivity index (χ2v) is 9.40. The van der Waals surface area contributed by atoms with Crippen LogP contribution in [0.1, 0.15) is 21.6 Å². The third-order valence-electron chi connectivity index (χ3n) is 4.83. The van der Waals surface area contributed by atoms with E-state index in [0.717, 1.165) is 12.3 Å². The smallest absolute Gasteiger partial charge is 0.357 e. The Balaban J connectivity index is 2.10. The maximum absolute atomic E-state index is 13.2. The Morgan fingerprint density at radius 3 is 1.78 bits per heavy atom. The van der Waals surface area contributed by atoms with Crippen LogP contribution >= 0.6 is 0 Å². The topological polar surface area (TPSA) is 125 Å². The van der Waals surface area contributed by atoms with Gasteiger partial charge in [0.25, 0.3) is 0 Å². The quantitative estimate of drug-likeness (QED) is 0.312. The summed E-state index contributed by atoms with van der Waals surface area (Å²) in [5, 5.41) is 2.75. The van der Waals surface area contributed by atoms with Gasteiger partial charge >= 0.3 is 24.2 Å². The van der Waals surface area contributed by atoms with Crippen molar-refractivity contribution in [3.63, 3.8) is 0 Å². The Labute approximate surface area is 204 Å². The molecule has 8 nitrogen and oxygen atoms in total. The number of rotatable bonds is 6. The predicted molar refractivity (Wildman–Crippen MR) is 117 cm³/mol. The van der Waals surface area contributed by atoms with Crippen molar-refractivity contribution in [2.24, 2.45) is 0 Å². The number of H-pyrrole nitrogens is 1. The monoisotopic (exact) mass is 547 g/mol. The van der Waals surface area contributed by atoms with E-state index in [1.165, 1.54) is 35.8 Å². The molecule has 0 radical (unpaired) electrons. The van der Waals surface area contributed by atoms with Crippen molar-refractivity contribution in [3.05, 3.63) is 71.5 Å². The van der Waals surface area contributed by atoms with Crippen molar-refractivity contribution in [1.82, 2.24) is 4.98 Å². The Morgan fingerprint density at radius 2 is 1.30 bits per heavy atom. The third-order valence-corrected chi connectivity index (χ3v) is 6.79. The normalized spacial score (nSPS) is 12.2. The maximum Gasteiger partial charge on any atom is 0.471 e. The molecule has 37 heavy (non-hydrogen) atoms. The van der Waals surface area contributed by atoms with E-state index < -0.39 is 67.3 Å². The molecule has 0 spiro atoms. The molecule has 15 heteroatoms. The fourth-order valence-electron chi connectivity index (χ4n) is 3.18. The molecule has 0 saturated heterocycles. The highest BCUT2D eigenvalue weighted by atomic mass is 32.2. The summed E-state index contributed by atoms with van der Waals surface area (Å²) in [5.74, 6) is -6.18. The summed E-state index contributed by atoms with van der Waals surface area (Å²) in [7, 11) is -4.30. The molecule has 2 amide bonds. The number of hydrogen-bond acceptors (Lipinski definition) is 5. The van der Waals surface area contributed by atoms with Gasteiger partial charge in [-0.3, -0.25) is 14.4 Å². The van der Waals surface area contributed by atoms with Gasteiger partial charge in [0.2, 0.25) is 15.6 Å². The lowest BCUT2D eigenvalue weighted by molar-refractivity contribution is -0.167. The number of sulfone groups is 1. The lowest BCUT2D eigenvalue weighted by atomic mass is 10.1. The summed E-state index contributed by atoms with van der Waals surface area (Å²) in [5.41, 5.74) is -2.44. The molecule has 0 fully saturated rings. The minimum absolute atomic E-state index is 0.145. The number of alkyl halides is 6. The van der Waals surface area contributed by atoms with Crippen LogP contribution in [0.2, 0.25) is 0 Å². The van der Waals surface area contributed by atoms with Crippen LogP contribution in [0.3, 0.4) is 0 Å². The summed E-state index contributed by atoms with van der Waals surface area (Å²) in [6.45, 7) is 1.50. The summed E-state index contributed by atoms with van der Waals surface area (Å²) in [6.07, 6.45) is -9.67. The number of carbonyl (C=O) groups excluding carboxylic acids is 3. The molecule has 3 rings (SSSR count). The first-order valence-corrected chi connectivity index (χ1v) is 11.4. The van der Waals surface area contributed by atoms with Gasteiger partial charge in [0, 0.05) is 23.1 Å². The van der Waals surface area contributed by atoms with E-state index in [1.807, 2.05) is 0 Å². The highest BCUT2D eigenvalue weighted by Gasteiger charge is 2.40. The minimum atomic E-state index is -5.39. The molecule has 2 aromatic carbocycles. The van der Waals surface area contributed by atoms with Gasteiger partial charge in [-0.15, -0.1) is 0 Å². The molecular weight excluding hydrogens is 532 g/mol. The molecule has 3 aromatic rings. The minimum Gasteiger partial charge on any atom is -0.357 e. The second-order valence-electron chi connectivity index (χ2n) is 7.52. The van der Waals surface area contributed by atoms with Crippen LogP contribution < -0.4 is 10.6 Å². The molecule has 1 aromatic heterocycles. The molecule has 0 aliphatic rings. The zero-order valence-electron chi connectivity index (χ0n) is 18.4. The zero-order valence-corrected chi connectivity index (χ0v) is 19.2. The van der Waals surface area contributed by atoms with Gasteiger partial charge in [0.05, 0.1) is 4.90 Å². The van der Waals surface area contributed by atoms with E-state index >= 15 is 0 Å². The van der Waals surface area contributed by atoms with Crippen molar-refractivity contribution in [2.75, 3.05) is 10.6 Å².